The van der Waals surface area contributed by atoms with E-state index < -0.39 is 35.4 Å². The molecule has 1 heterocycles. The van der Waals surface area contributed by atoms with E-state index in [4.69, 9.17) is 0 Å². The van der Waals surface area contributed by atoms with Crippen LogP contribution in [0.3, 0.4) is 0 Å². The van der Waals surface area contributed by atoms with Crippen molar-refractivity contribution in [3.63, 3.8) is 0 Å². The molecule has 3 fully saturated rings. The fourth-order valence-electron chi connectivity index (χ4n) is 7.95. The average molecular weight is 636 g/mol. The topological polar surface area (TPSA) is 61.4 Å². The van der Waals surface area contributed by atoms with Gasteiger partial charge in [0.1, 0.15) is 5.82 Å². The molecule has 1 aliphatic heterocycles. The van der Waals surface area contributed by atoms with Crippen molar-refractivity contribution in [2.24, 2.45) is 11.8 Å². The van der Waals surface area contributed by atoms with Crippen molar-refractivity contribution in [2.75, 3.05) is 5.32 Å². The highest BCUT2D eigenvalue weighted by molar-refractivity contribution is 5.97. The molecule has 0 bridgehead atoms. The molecule has 3 aromatic rings. The first-order chi connectivity index (χ1) is 22.0. The molecule has 0 radical (unpaired) electrons. The van der Waals surface area contributed by atoms with Crippen LogP contribution < -0.4 is 10.6 Å². The molecular weight excluding hydrogens is 594 g/mol. The fourth-order valence-corrected chi connectivity index (χ4v) is 7.95. The number of carbonyl (C=O) groups excluding carboxylic acids is 2. The quantitative estimate of drug-likeness (QED) is 0.256. The van der Waals surface area contributed by atoms with E-state index in [9.17, 15) is 22.8 Å². The molecule has 4 atom stereocenters. The number of alkyl halides is 3. The highest BCUT2D eigenvalue weighted by Crippen LogP contribution is 2.49. The van der Waals surface area contributed by atoms with E-state index in [0.717, 1.165) is 49.4 Å². The first kappa shape index (κ1) is 32.1. The lowest BCUT2D eigenvalue weighted by Gasteiger charge is -2.48. The number of halogens is 4. The summed E-state index contributed by atoms with van der Waals surface area (Å²) in [5, 5.41) is 6.48. The highest BCUT2D eigenvalue weighted by Gasteiger charge is 2.50. The van der Waals surface area contributed by atoms with Gasteiger partial charge in [-0.15, -0.1) is 0 Å². The molecule has 6 rings (SSSR count). The van der Waals surface area contributed by atoms with E-state index in [1.165, 1.54) is 31.9 Å². The molecule has 2 saturated carbocycles. The molecule has 2 amide bonds. The second-order valence-electron chi connectivity index (χ2n) is 13.3. The lowest BCUT2D eigenvalue weighted by molar-refractivity contribution is -0.138. The van der Waals surface area contributed by atoms with Crippen molar-refractivity contribution in [1.82, 2.24) is 10.2 Å². The minimum atomic E-state index is -4.50. The fraction of sp³-hybridized carbons (Fsp3) is 0.459. The van der Waals surface area contributed by atoms with E-state index in [1.54, 1.807) is 30.0 Å². The molecule has 1 saturated heterocycles. The summed E-state index contributed by atoms with van der Waals surface area (Å²) in [4.78, 5) is 30.2. The summed E-state index contributed by atoms with van der Waals surface area (Å²) in [7, 11) is 0. The summed E-state index contributed by atoms with van der Waals surface area (Å²) >= 11 is 0. The van der Waals surface area contributed by atoms with Crippen molar-refractivity contribution < 1.29 is 27.2 Å². The van der Waals surface area contributed by atoms with Crippen molar-refractivity contribution in [2.45, 2.75) is 96.1 Å². The number of rotatable bonds is 7. The van der Waals surface area contributed by atoms with Gasteiger partial charge in [0.25, 0.3) is 5.91 Å². The molecule has 3 aliphatic rings. The summed E-state index contributed by atoms with van der Waals surface area (Å²) in [5.41, 5.74) is 2.01. The van der Waals surface area contributed by atoms with Gasteiger partial charge in [0.15, 0.2) is 0 Å². The van der Waals surface area contributed by atoms with Crippen molar-refractivity contribution >= 4 is 17.5 Å². The van der Waals surface area contributed by atoms with Gasteiger partial charge in [-0.2, -0.15) is 13.2 Å². The molecule has 0 aromatic heterocycles. The molecule has 3 aromatic carbocycles. The number of amides is 2. The Kier molecular flexibility index (Phi) is 9.12. The summed E-state index contributed by atoms with van der Waals surface area (Å²) in [5.74, 6) is -1.97. The van der Waals surface area contributed by atoms with E-state index in [1.807, 2.05) is 24.3 Å². The zero-order valence-corrected chi connectivity index (χ0v) is 26.3. The van der Waals surface area contributed by atoms with Gasteiger partial charge in [0.05, 0.1) is 23.1 Å². The highest BCUT2D eigenvalue weighted by atomic mass is 19.4. The molecule has 2 aliphatic carbocycles. The number of carbonyl (C=O) groups is 2. The average Bonchev–Trinajstić information content (AvgIpc) is 3.71. The Labute approximate surface area is 267 Å². The number of hydrogen-bond donors (Lipinski definition) is 2. The van der Waals surface area contributed by atoms with Crippen molar-refractivity contribution in [1.29, 1.82) is 0 Å². The maximum absolute atomic E-state index is 15.3. The second-order valence-corrected chi connectivity index (χ2v) is 13.3. The van der Waals surface area contributed by atoms with Crippen LogP contribution in [0.15, 0.2) is 60.7 Å². The van der Waals surface area contributed by atoms with Crippen LogP contribution in [0.4, 0.5) is 23.2 Å². The summed E-state index contributed by atoms with van der Waals surface area (Å²) in [6.07, 6.45) is 3.16. The first-order valence-corrected chi connectivity index (χ1v) is 16.4. The Morgan fingerprint density at radius 3 is 2.33 bits per heavy atom. The largest absolute Gasteiger partial charge is 0.416 e. The van der Waals surface area contributed by atoms with Gasteiger partial charge in [-0.25, -0.2) is 4.39 Å². The van der Waals surface area contributed by atoms with Gasteiger partial charge < -0.3 is 15.5 Å². The van der Waals surface area contributed by atoms with Gasteiger partial charge in [-0.05, 0) is 98.4 Å². The number of nitrogens with zero attached hydrogens (tertiary/aromatic N) is 1. The lowest BCUT2D eigenvalue weighted by atomic mass is 9.76. The Balaban J connectivity index is 1.34. The van der Waals surface area contributed by atoms with Gasteiger partial charge >= 0.3 is 6.18 Å². The van der Waals surface area contributed by atoms with Crippen LogP contribution in [0.25, 0.3) is 0 Å². The number of fused-ring (bicyclic) bond motifs is 1. The van der Waals surface area contributed by atoms with Crippen LogP contribution in [-0.4, -0.2) is 28.8 Å². The molecule has 244 valence electrons. The van der Waals surface area contributed by atoms with Crippen LogP contribution in [-0.2, 0) is 17.5 Å². The Bertz CT molecular complexity index is 1560. The molecule has 9 heteroatoms. The van der Waals surface area contributed by atoms with Crippen molar-refractivity contribution in [3.8, 4) is 0 Å². The maximum Gasteiger partial charge on any atom is 0.416 e. The number of benzene rings is 3. The summed E-state index contributed by atoms with van der Waals surface area (Å²) in [6, 6.07) is 16.1. The zero-order valence-electron chi connectivity index (χ0n) is 26.3. The number of hydrogen-bond acceptors (Lipinski definition) is 3. The van der Waals surface area contributed by atoms with Gasteiger partial charge in [-0.3, -0.25) is 9.59 Å². The van der Waals surface area contributed by atoms with E-state index in [2.05, 4.69) is 10.6 Å². The SMILES string of the molecule is Cc1ccc(CNC(=O)[C@H]2C[C@H]3CCC[C@H]3N(C(=O)c3c(C)cccc3F)[C@H]2c2ccc(NC3CCCC3)cc2)cc1C(F)(F)F. The number of nitrogens with one attached hydrogen (secondary N) is 2. The minimum Gasteiger partial charge on any atom is -0.382 e. The first-order valence-electron chi connectivity index (χ1n) is 16.4. The van der Waals surface area contributed by atoms with Gasteiger partial charge in [0.2, 0.25) is 5.91 Å². The molecule has 0 unspecified atom stereocenters. The summed E-state index contributed by atoms with van der Waals surface area (Å²) in [6.45, 7) is 3.04. The van der Waals surface area contributed by atoms with E-state index in [0.29, 0.717) is 23.6 Å². The van der Waals surface area contributed by atoms with Crippen LogP contribution in [0.1, 0.15) is 95.6 Å². The lowest BCUT2D eigenvalue weighted by Crippen LogP contribution is -2.54. The molecule has 5 nitrogen and oxygen atoms in total. The second kappa shape index (κ2) is 13.1. The van der Waals surface area contributed by atoms with Gasteiger partial charge in [0, 0.05) is 24.3 Å². The van der Waals surface area contributed by atoms with Crippen LogP contribution >= 0.6 is 0 Å². The predicted molar refractivity (Wildman–Crippen MR) is 170 cm³/mol. The molecule has 46 heavy (non-hydrogen) atoms. The number of aryl methyl sites for hydroxylation is 2. The Hall–Kier alpha value is -3.88. The third-order valence-electron chi connectivity index (χ3n) is 10.3. The maximum atomic E-state index is 15.3. The van der Waals surface area contributed by atoms with Crippen LogP contribution in [0.2, 0.25) is 0 Å². The predicted octanol–water partition coefficient (Wildman–Crippen LogP) is 8.50. The van der Waals surface area contributed by atoms with Crippen molar-refractivity contribution in [3.05, 3.63) is 99.9 Å². The van der Waals surface area contributed by atoms with E-state index >= 15 is 4.39 Å². The third kappa shape index (κ3) is 6.51. The number of anilines is 1. The summed E-state index contributed by atoms with van der Waals surface area (Å²) < 4.78 is 56.0. The smallest absolute Gasteiger partial charge is 0.382 e. The Morgan fingerprint density at radius 1 is 0.891 bits per heavy atom. The normalized spacial score (nSPS) is 23.3. The van der Waals surface area contributed by atoms with Crippen LogP contribution in [0, 0.1) is 31.5 Å². The third-order valence-corrected chi connectivity index (χ3v) is 10.3. The van der Waals surface area contributed by atoms with E-state index in [-0.39, 0.29) is 35.5 Å². The standard InChI is InChI=1S/C37H41F4N3O2/c1-22-13-14-24(19-30(22)37(39,40)41)21-42-35(45)29-20-26-8-6-12-32(26)44(36(46)33-23(2)7-5-11-31(33)38)34(29)25-15-17-28(18-16-25)43-27-9-3-4-10-27/h5,7,11,13-19,26-27,29,32,34,43H,3-4,6,8-10,12,20-21H2,1-2H3,(H,42,45)/t26-,29+,32-,34+/m1/s1. The number of piperidine rings is 1. The van der Waals surface area contributed by atoms with Gasteiger partial charge in [-0.1, -0.05) is 55.7 Å². The minimum absolute atomic E-state index is 0.0121. The monoisotopic (exact) mass is 635 g/mol. The van der Waals surface area contributed by atoms with Crippen LogP contribution in [0.5, 0.6) is 0 Å². The molecular formula is C37H41F4N3O2. The Morgan fingerprint density at radius 2 is 1.63 bits per heavy atom. The molecule has 2 N–H and O–H groups in total. The number of likely N-dealkylation sites (tertiary alicyclic amines) is 1. The molecule has 0 spiro atoms. The zero-order chi connectivity index (χ0) is 32.6.